The highest BCUT2D eigenvalue weighted by molar-refractivity contribution is 6.03. The Morgan fingerprint density at radius 3 is 1.29 bits per heavy atom. The number of phenols is 6. The molecule has 2 saturated heterocycles. The fraction of sp³-hybridized carbons (Fsp3) is 0.460. The molecule has 6 rings (SSSR count). The van der Waals surface area contributed by atoms with Crippen molar-refractivity contribution in [3.8, 4) is 46.0 Å². The van der Waals surface area contributed by atoms with Gasteiger partial charge in [0.15, 0.2) is 11.6 Å². The van der Waals surface area contributed by atoms with Crippen LogP contribution in [0.4, 0.5) is 0 Å². The summed E-state index contributed by atoms with van der Waals surface area (Å²) in [4.78, 5) is 41.2. The van der Waals surface area contributed by atoms with Crippen molar-refractivity contribution >= 4 is 17.5 Å². The first-order chi connectivity index (χ1) is 34.7. The second-order valence-electron chi connectivity index (χ2n) is 17.9. The number of aliphatic hydroxyl groups is 8. The molecule has 0 unspecified atom stereocenters. The van der Waals surface area contributed by atoms with Gasteiger partial charge in [-0.3, -0.25) is 19.3 Å². The van der Waals surface area contributed by atoms with Gasteiger partial charge in [0, 0.05) is 44.5 Å². The second-order valence-corrected chi connectivity index (χ2v) is 17.9. The maximum absolute atomic E-state index is 14.2. The van der Waals surface area contributed by atoms with Crippen molar-refractivity contribution < 1.29 is 110 Å². The van der Waals surface area contributed by atoms with E-state index >= 15 is 0 Å². The number of rotatable bonds is 24. The molecule has 15 N–H and O–H groups in total. The SMILES string of the molecule is O=C(O)CCCCCN(Cc1c(O)cc(O[C@H]2O[C@@H](CO)[C@H](O)[C@@H](O)[C@@H]2O)c(C(=O)CCc2ccc(O)cc2)c1O)Cc1c(O)cc(O[C@@H]2O[C@H](CO)[C@@H](O)[C@H](O)[C@H]2O)c(C(=O)CCc2ccc(O)cc2)c1O. The zero-order chi connectivity index (χ0) is 53.3. The fourth-order valence-corrected chi connectivity index (χ4v) is 8.50. The van der Waals surface area contributed by atoms with E-state index in [4.69, 9.17) is 18.9 Å². The smallest absolute Gasteiger partial charge is 0.303 e. The Hall–Kier alpha value is -6.35. The number of ether oxygens (including phenoxy) is 4. The Balaban J connectivity index is 1.40. The van der Waals surface area contributed by atoms with Crippen molar-refractivity contribution in [2.75, 3.05) is 19.8 Å². The highest BCUT2D eigenvalue weighted by Gasteiger charge is 2.47. The molecule has 23 heteroatoms. The van der Waals surface area contributed by atoms with Gasteiger partial charge < -0.3 is 95.5 Å². The van der Waals surface area contributed by atoms with E-state index in [1.165, 1.54) is 29.2 Å². The number of hydrogen-bond acceptors (Lipinski definition) is 22. The molecular formula is C50H61NO22. The van der Waals surface area contributed by atoms with Gasteiger partial charge in [0.25, 0.3) is 0 Å². The van der Waals surface area contributed by atoms with Crippen molar-refractivity contribution in [3.05, 3.63) is 94.0 Å². The quantitative estimate of drug-likeness (QED) is 0.0337. The lowest BCUT2D eigenvalue weighted by Crippen LogP contribution is -2.60. The lowest BCUT2D eigenvalue weighted by molar-refractivity contribution is -0.277. The number of Topliss-reactive ketones (excluding diaryl/α,β-unsaturated/α-hetero) is 2. The minimum atomic E-state index is -1.97. The summed E-state index contributed by atoms with van der Waals surface area (Å²) in [5, 5.41) is 159. The molecule has 2 aliphatic rings. The van der Waals surface area contributed by atoms with Crippen molar-refractivity contribution in [1.29, 1.82) is 0 Å². The summed E-state index contributed by atoms with van der Waals surface area (Å²) in [5.41, 5.74) is -0.563. The highest BCUT2D eigenvalue weighted by atomic mass is 16.7. The van der Waals surface area contributed by atoms with Crippen LogP contribution in [0, 0.1) is 0 Å². The molecule has 0 saturated carbocycles. The third-order valence-corrected chi connectivity index (χ3v) is 12.7. The summed E-state index contributed by atoms with van der Waals surface area (Å²) in [7, 11) is 0. The average Bonchev–Trinajstić information content (AvgIpc) is 3.35. The summed E-state index contributed by atoms with van der Waals surface area (Å²) >= 11 is 0. The van der Waals surface area contributed by atoms with E-state index in [1.54, 1.807) is 24.3 Å². The number of hydrogen-bond donors (Lipinski definition) is 15. The number of aliphatic hydroxyl groups excluding tert-OH is 8. The number of nitrogens with zero attached hydrogens (tertiary/aromatic N) is 1. The Morgan fingerprint density at radius 2 is 0.918 bits per heavy atom. The van der Waals surface area contributed by atoms with Crippen LogP contribution in [-0.4, -0.2) is 180 Å². The first-order valence-corrected chi connectivity index (χ1v) is 23.4. The number of ketones is 2. The zero-order valence-electron chi connectivity index (χ0n) is 39.3. The molecule has 23 nitrogen and oxygen atoms in total. The molecule has 4 aromatic carbocycles. The van der Waals surface area contributed by atoms with Crippen molar-refractivity contribution in [2.45, 2.75) is 126 Å². The number of unbranched alkanes of at least 4 members (excludes halogenated alkanes) is 2. The molecular weight excluding hydrogens is 967 g/mol. The van der Waals surface area contributed by atoms with Gasteiger partial charge in [0.2, 0.25) is 12.6 Å². The van der Waals surface area contributed by atoms with Gasteiger partial charge in [0.1, 0.15) is 106 Å². The number of carbonyl (C=O) groups is 3. The molecule has 4 aromatic rings. The Bertz CT molecular complexity index is 2360. The molecule has 0 amide bonds. The summed E-state index contributed by atoms with van der Waals surface area (Å²) in [6, 6.07) is 13.6. The lowest BCUT2D eigenvalue weighted by atomic mass is 9.96. The number of carboxylic acids is 1. The van der Waals surface area contributed by atoms with Crippen molar-refractivity contribution in [1.82, 2.24) is 4.90 Å². The van der Waals surface area contributed by atoms with Gasteiger partial charge in [-0.2, -0.15) is 0 Å². The predicted octanol–water partition coefficient (Wildman–Crippen LogP) is 0.556. The largest absolute Gasteiger partial charge is 0.508 e. The van der Waals surface area contributed by atoms with Crippen molar-refractivity contribution in [3.63, 3.8) is 0 Å². The van der Waals surface area contributed by atoms with Crippen LogP contribution >= 0.6 is 0 Å². The Kier molecular flexibility index (Phi) is 19.2. The number of carbonyl (C=O) groups excluding carboxylic acids is 2. The van der Waals surface area contributed by atoms with Crippen LogP contribution in [0.25, 0.3) is 0 Å². The molecule has 2 heterocycles. The third kappa shape index (κ3) is 13.6. The van der Waals surface area contributed by atoms with Gasteiger partial charge >= 0.3 is 5.97 Å². The molecule has 0 bridgehead atoms. The maximum atomic E-state index is 14.2. The summed E-state index contributed by atoms with van der Waals surface area (Å²) in [5.74, 6) is -6.95. The van der Waals surface area contributed by atoms with Crippen LogP contribution in [-0.2, 0) is 40.2 Å². The van der Waals surface area contributed by atoms with E-state index in [0.29, 0.717) is 17.5 Å². The number of benzene rings is 4. The van der Waals surface area contributed by atoms with Crippen LogP contribution in [0.3, 0.4) is 0 Å². The summed E-state index contributed by atoms with van der Waals surface area (Å²) in [6.45, 7) is -2.68. The van der Waals surface area contributed by atoms with Crippen LogP contribution in [0.1, 0.15) is 81.5 Å². The number of phenolic OH excluding ortho intramolecular Hbond substituents is 6. The molecule has 0 aromatic heterocycles. The van der Waals surface area contributed by atoms with E-state index in [2.05, 4.69) is 0 Å². The van der Waals surface area contributed by atoms with Gasteiger partial charge in [-0.25, -0.2) is 0 Å². The minimum absolute atomic E-state index is 0.0160. The molecule has 2 fully saturated rings. The van der Waals surface area contributed by atoms with Crippen molar-refractivity contribution in [2.24, 2.45) is 0 Å². The molecule has 0 spiro atoms. The summed E-state index contributed by atoms with van der Waals surface area (Å²) < 4.78 is 22.6. The normalized spacial score (nSPS) is 24.1. The van der Waals surface area contributed by atoms with E-state index < -0.39 is 151 Å². The molecule has 398 valence electrons. The van der Waals surface area contributed by atoms with E-state index in [9.17, 15) is 91.0 Å². The number of aryl methyl sites for hydroxylation is 2. The van der Waals surface area contributed by atoms with Gasteiger partial charge in [-0.1, -0.05) is 30.7 Å². The number of aliphatic carboxylic acids is 1. The molecule has 2 aliphatic heterocycles. The number of aromatic hydroxyl groups is 6. The van der Waals surface area contributed by atoms with E-state index in [1.807, 2.05) is 0 Å². The number of carboxylic acid groups (broad SMARTS) is 1. The van der Waals surface area contributed by atoms with Crippen LogP contribution in [0.15, 0.2) is 60.7 Å². The minimum Gasteiger partial charge on any atom is -0.508 e. The Morgan fingerprint density at radius 1 is 0.521 bits per heavy atom. The highest BCUT2D eigenvalue weighted by Crippen LogP contribution is 2.44. The topological polar surface area (TPSA) is 395 Å². The van der Waals surface area contributed by atoms with Crippen LogP contribution in [0.5, 0.6) is 46.0 Å². The summed E-state index contributed by atoms with van der Waals surface area (Å²) in [6.07, 6.45) is -17.9. The van der Waals surface area contributed by atoms with Gasteiger partial charge in [0.05, 0.1) is 24.3 Å². The van der Waals surface area contributed by atoms with Crippen LogP contribution < -0.4 is 9.47 Å². The Labute approximate surface area is 417 Å². The zero-order valence-corrected chi connectivity index (χ0v) is 39.3. The fourth-order valence-electron chi connectivity index (χ4n) is 8.50. The second kappa shape index (κ2) is 25.1. The molecule has 73 heavy (non-hydrogen) atoms. The predicted molar refractivity (Wildman–Crippen MR) is 250 cm³/mol. The van der Waals surface area contributed by atoms with Gasteiger partial charge in [-0.05, 0) is 67.6 Å². The standard InChI is InChI=1S/C50H61NO22/c52-22-36-43(64)45(66)47(68)49(72-36)70-34-18-32(58)28(41(62)39(34)30(56)15-9-24-5-11-26(54)12-6-24)20-51(17-3-1-2-4-38(60)61)21-29-33(59)19-35(71-50-48(69)46(67)44(65)37(23-53)73-50)40(42(29)63)31(57)16-10-25-7-13-27(55)14-8-25/h5-8,11-14,18-19,36-37,43-50,52-55,58-59,62-69H,1-4,9-10,15-17,20-23H2,(H,60,61)/t36-,37+,43-,44+,45+,46-,47-,48+,49-,50+. The van der Waals surface area contributed by atoms with Crippen LogP contribution in [0.2, 0.25) is 0 Å². The maximum Gasteiger partial charge on any atom is 0.303 e. The molecule has 0 aliphatic carbocycles. The lowest BCUT2D eigenvalue weighted by Gasteiger charge is -2.39. The van der Waals surface area contributed by atoms with E-state index in [-0.39, 0.29) is 74.1 Å². The molecule has 10 atom stereocenters. The monoisotopic (exact) mass is 1030 g/mol. The first-order valence-electron chi connectivity index (χ1n) is 23.4. The van der Waals surface area contributed by atoms with Gasteiger partial charge in [-0.15, -0.1) is 0 Å². The average molecular weight is 1030 g/mol. The van der Waals surface area contributed by atoms with E-state index in [0.717, 1.165) is 12.1 Å². The first kappa shape index (κ1) is 56.0. The third-order valence-electron chi connectivity index (χ3n) is 12.7. The molecule has 0 radical (unpaired) electrons.